The molecule has 0 aliphatic carbocycles. The van der Waals surface area contributed by atoms with E-state index in [1.807, 2.05) is 12.1 Å². The lowest BCUT2D eigenvalue weighted by Crippen LogP contribution is -2.58. The number of carbonyl (C=O) groups is 2. The second-order valence-corrected chi connectivity index (χ2v) is 7.35. The average molecular weight is 362 g/mol. The highest BCUT2D eigenvalue weighted by atomic mass is 79.9. The van der Waals surface area contributed by atoms with E-state index in [-0.39, 0.29) is 11.8 Å². The molecule has 1 unspecified atom stereocenters. The minimum atomic E-state index is -1.20. The van der Waals surface area contributed by atoms with Crippen LogP contribution in [0.2, 0.25) is 0 Å². The SMILES string of the molecule is CC(C(=O)NC1(C(=O)O)CCOCC1)c1ccc(Br)s1. The van der Waals surface area contributed by atoms with E-state index in [0.29, 0.717) is 26.1 Å². The summed E-state index contributed by atoms with van der Waals surface area (Å²) in [6, 6.07) is 3.75. The normalized spacial score (nSPS) is 19.3. The summed E-state index contributed by atoms with van der Waals surface area (Å²) in [7, 11) is 0. The largest absolute Gasteiger partial charge is 0.480 e. The molecule has 2 N–H and O–H groups in total. The molecule has 0 saturated carbocycles. The van der Waals surface area contributed by atoms with Gasteiger partial charge in [-0.05, 0) is 35.0 Å². The van der Waals surface area contributed by atoms with Crippen LogP contribution in [-0.2, 0) is 14.3 Å². The Labute approximate surface area is 129 Å². The highest BCUT2D eigenvalue weighted by Crippen LogP contribution is 2.30. The number of amides is 1. The first-order valence-electron chi connectivity index (χ1n) is 6.33. The van der Waals surface area contributed by atoms with Gasteiger partial charge in [-0.1, -0.05) is 0 Å². The fourth-order valence-electron chi connectivity index (χ4n) is 2.15. The molecular formula is C13H16BrNO4S. The maximum Gasteiger partial charge on any atom is 0.329 e. The van der Waals surface area contributed by atoms with E-state index in [9.17, 15) is 14.7 Å². The van der Waals surface area contributed by atoms with Gasteiger partial charge in [-0.15, -0.1) is 11.3 Å². The van der Waals surface area contributed by atoms with Crippen LogP contribution < -0.4 is 5.32 Å². The second kappa shape index (κ2) is 6.24. The number of ether oxygens (including phenoxy) is 1. The van der Waals surface area contributed by atoms with Crippen molar-refractivity contribution in [2.75, 3.05) is 13.2 Å². The van der Waals surface area contributed by atoms with Gasteiger partial charge in [-0.25, -0.2) is 4.79 Å². The molecule has 1 fully saturated rings. The van der Waals surface area contributed by atoms with Crippen molar-refractivity contribution in [3.05, 3.63) is 20.8 Å². The number of hydrogen-bond donors (Lipinski definition) is 2. The number of thiophene rings is 1. The molecule has 0 aromatic carbocycles. The molecule has 7 heteroatoms. The number of aliphatic carboxylic acids is 1. The first kappa shape index (κ1) is 15.5. The minimum Gasteiger partial charge on any atom is -0.480 e. The van der Waals surface area contributed by atoms with Gasteiger partial charge in [-0.3, -0.25) is 4.79 Å². The number of hydrogen-bond acceptors (Lipinski definition) is 4. The summed E-state index contributed by atoms with van der Waals surface area (Å²) in [5.41, 5.74) is -1.20. The van der Waals surface area contributed by atoms with Crippen LogP contribution in [0, 0.1) is 0 Å². The first-order valence-corrected chi connectivity index (χ1v) is 7.94. The van der Waals surface area contributed by atoms with Crippen LogP contribution in [0.4, 0.5) is 0 Å². The fourth-order valence-corrected chi connectivity index (χ4v) is 3.62. The molecule has 1 aliphatic heterocycles. The van der Waals surface area contributed by atoms with Crippen molar-refractivity contribution >= 4 is 39.1 Å². The van der Waals surface area contributed by atoms with Gasteiger partial charge >= 0.3 is 5.97 Å². The molecule has 1 aromatic heterocycles. The van der Waals surface area contributed by atoms with Crippen molar-refractivity contribution in [2.24, 2.45) is 0 Å². The highest BCUT2D eigenvalue weighted by molar-refractivity contribution is 9.11. The minimum absolute atomic E-state index is 0.261. The standard InChI is InChI=1S/C13H16BrNO4S/c1-8(9-2-3-10(14)20-9)11(16)15-13(12(17)18)4-6-19-7-5-13/h2-3,8H,4-7H2,1H3,(H,15,16)(H,17,18). The molecule has 1 atom stereocenters. The zero-order chi connectivity index (χ0) is 14.8. The third-order valence-electron chi connectivity index (χ3n) is 3.53. The van der Waals surface area contributed by atoms with Crippen LogP contribution in [0.15, 0.2) is 15.9 Å². The third kappa shape index (κ3) is 3.21. The van der Waals surface area contributed by atoms with Gasteiger partial charge in [0.05, 0.1) is 9.70 Å². The van der Waals surface area contributed by atoms with E-state index in [0.717, 1.165) is 8.66 Å². The zero-order valence-corrected chi connectivity index (χ0v) is 13.4. The molecular weight excluding hydrogens is 346 g/mol. The molecule has 1 amide bonds. The van der Waals surface area contributed by atoms with Crippen molar-refractivity contribution in [3.63, 3.8) is 0 Å². The summed E-state index contributed by atoms with van der Waals surface area (Å²) in [5, 5.41) is 12.1. The maximum atomic E-state index is 12.3. The molecule has 0 radical (unpaired) electrons. The third-order valence-corrected chi connectivity index (χ3v) is 5.34. The fraction of sp³-hybridized carbons (Fsp3) is 0.538. The van der Waals surface area contributed by atoms with Crippen LogP contribution in [-0.4, -0.2) is 35.7 Å². The molecule has 110 valence electrons. The Morgan fingerprint density at radius 2 is 2.10 bits per heavy atom. The van der Waals surface area contributed by atoms with Gasteiger partial charge in [0.25, 0.3) is 0 Å². The van der Waals surface area contributed by atoms with E-state index in [4.69, 9.17) is 4.74 Å². The average Bonchev–Trinajstić information content (AvgIpc) is 2.85. The van der Waals surface area contributed by atoms with Crippen LogP contribution in [0.25, 0.3) is 0 Å². The molecule has 1 saturated heterocycles. The molecule has 20 heavy (non-hydrogen) atoms. The predicted octanol–water partition coefficient (Wildman–Crippen LogP) is 2.36. The van der Waals surface area contributed by atoms with E-state index >= 15 is 0 Å². The van der Waals surface area contributed by atoms with Crippen molar-refractivity contribution in [2.45, 2.75) is 31.2 Å². The number of carboxylic acid groups (broad SMARTS) is 1. The van der Waals surface area contributed by atoms with Gasteiger partial charge < -0.3 is 15.2 Å². The summed E-state index contributed by atoms with van der Waals surface area (Å²) < 4.78 is 6.14. The Morgan fingerprint density at radius 1 is 1.45 bits per heavy atom. The topological polar surface area (TPSA) is 75.6 Å². The lowest BCUT2D eigenvalue weighted by Gasteiger charge is -2.34. The summed E-state index contributed by atoms with van der Waals surface area (Å²) in [6.45, 7) is 2.49. The number of rotatable bonds is 4. The Kier molecular flexibility index (Phi) is 4.82. The van der Waals surface area contributed by atoms with Crippen molar-refractivity contribution in [1.29, 1.82) is 0 Å². The van der Waals surface area contributed by atoms with E-state index in [1.54, 1.807) is 6.92 Å². The van der Waals surface area contributed by atoms with Gasteiger partial charge in [-0.2, -0.15) is 0 Å². The number of halogens is 1. The quantitative estimate of drug-likeness (QED) is 0.862. The van der Waals surface area contributed by atoms with Crippen LogP contribution in [0.3, 0.4) is 0 Å². The monoisotopic (exact) mass is 361 g/mol. The van der Waals surface area contributed by atoms with Gasteiger partial charge in [0.2, 0.25) is 5.91 Å². The zero-order valence-electron chi connectivity index (χ0n) is 11.0. The molecule has 5 nitrogen and oxygen atoms in total. The molecule has 2 heterocycles. The molecule has 1 aromatic rings. The molecule has 0 bridgehead atoms. The first-order chi connectivity index (χ1) is 9.44. The number of carbonyl (C=O) groups excluding carboxylic acids is 1. The Balaban J connectivity index is 2.10. The smallest absolute Gasteiger partial charge is 0.329 e. The Hall–Kier alpha value is -0.920. The van der Waals surface area contributed by atoms with Crippen LogP contribution >= 0.6 is 27.3 Å². The van der Waals surface area contributed by atoms with E-state index < -0.39 is 11.5 Å². The Bertz CT molecular complexity index is 510. The lowest BCUT2D eigenvalue weighted by atomic mass is 9.89. The number of nitrogens with one attached hydrogen (secondary N) is 1. The lowest BCUT2D eigenvalue weighted by molar-refractivity contribution is -0.152. The summed E-state index contributed by atoms with van der Waals surface area (Å²) >= 11 is 4.84. The molecule has 2 rings (SSSR count). The van der Waals surface area contributed by atoms with Crippen LogP contribution in [0.1, 0.15) is 30.6 Å². The van der Waals surface area contributed by atoms with Crippen LogP contribution in [0.5, 0.6) is 0 Å². The van der Waals surface area contributed by atoms with Gasteiger partial charge in [0.15, 0.2) is 0 Å². The molecule has 1 aliphatic rings. The van der Waals surface area contributed by atoms with E-state index in [2.05, 4.69) is 21.2 Å². The second-order valence-electron chi connectivity index (χ2n) is 4.85. The summed E-state index contributed by atoms with van der Waals surface area (Å²) in [5.74, 6) is -1.62. The van der Waals surface area contributed by atoms with Gasteiger partial charge in [0, 0.05) is 30.9 Å². The number of carboxylic acids is 1. The summed E-state index contributed by atoms with van der Waals surface area (Å²) in [6.07, 6.45) is 0.601. The Morgan fingerprint density at radius 3 is 2.60 bits per heavy atom. The maximum absolute atomic E-state index is 12.3. The van der Waals surface area contributed by atoms with Crippen molar-refractivity contribution in [1.82, 2.24) is 5.32 Å². The molecule has 0 spiro atoms. The van der Waals surface area contributed by atoms with Crippen molar-refractivity contribution < 1.29 is 19.4 Å². The predicted molar refractivity (Wildman–Crippen MR) is 79.0 cm³/mol. The summed E-state index contributed by atoms with van der Waals surface area (Å²) in [4.78, 5) is 24.7. The van der Waals surface area contributed by atoms with E-state index in [1.165, 1.54) is 11.3 Å². The highest BCUT2D eigenvalue weighted by Gasteiger charge is 2.42. The van der Waals surface area contributed by atoms with Gasteiger partial charge in [0.1, 0.15) is 5.54 Å². The van der Waals surface area contributed by atoms with Crippen molar-refractivity contribution in [3.8, 4) is 0 Å².